The van der Waals surface area contributed by atoms with E-state index in [9.17, 15) is 40.8 Å². The topological polar surface area (TPSA) is 148 Å². The van der Waals surface area contributed by atoms with Gasteiger partial charge in [0, 0.05) is 11.6 Å². The van der Waals surface area contributed by atoms with E-state index in [1.54, 1.807) is 20.8 Å². The average Bonchev–Trinajstić information content (AvgIpc) is 2.91. The highest BCUT2D eigenvalue weighted by Gasteiger charge is 2.33. The molecule has 1 saturated carbocycles. The Labute approximate surface area is 247 Å². The molecule has 14 heteroatoms. The molecule has 1 fully saturated rings. The molecule has 43 heavy (non-hydrogen) atoms. The minimum absolute atomic E-state index is 0.0536. The number of benzene rings is 2. The van der Waals surface area contributed by atoms with Crippen molar-refractivity contribution in [1.82, 2.24) is 10.6 Å². The monoisotopic (exact) mass is 625 g/mol. The zero-order valence-corrected chi connectivity index (χ0v) is 24.7. The molecular weight excluding hydrogens is 591 g/mol. The smallest absolute Gasteiger partial charge is 0.416 e. The lowest BCUT2D eigenvalue weighted by atomic mass is 9.86. The number of hydrogen-bond donors (Lipinski definition) is 3. The van der Waals surface area contributed by atoms with E-state index in [0.29, 0.717) is 36.8 Å². The van der Waals surface area contributed by atoms with Gasteiger partial charge in [0.15, 0.2) is 9.84 Å². The van der Waals surface area contributed by atoms with Crippen LogP contribution in [0.4, 0.5) is 23.7 Å². The van der Waals surface area contributed by atoms with Crippen LogP contribution in [-0.4, -0.2) is 56.6 Å². The molecule has 0 heterocycles. The molecule has 0 unspecified atom stereocenters. The Hall–Kier alpha value is -3.94. The largest absolute Gasteiger partial charge is 0.444 e. The normalized spacial score (nSPS) is 17.4. The second-order valence-electron chi connectivity index (χ2n) is 11.3. The van der Waals surface area contributed by atoms with E-state index in [4.69, 9.17) is 4.74 Å². The van der Waals surface area contributed by atoms with Crippen LogP contribution in [0.15, 0.2) is 47.4 Å². The van der Waals surface area contributed by atoms with E-state index in [-0.39, 0.29) is 16.3 Å². The first-order valence-electron chi connectivity index (χ1n) is 13.6. The van der Waals surface area contributed by atoms with Gasteiger partial charge in [-0.25, -0.2) is 13.2 Å². The van der Waals surface area contributed by atoms with Crippen molar-refractivity contribution in [3.63, 3.8) is 0 Å². The molecule has 0 saturated heterocycles. The molecule has 10 nitrogen and oxygen atoms in total. The third-order valence-electron chi connectivity index (χ3n) is 6.70. The number of anilines is 1. The molecule has 3 N–H and O–H groups in total. The van der Waals surface area contributed by atoms with Crippen LogP contribution >= 0.6 is 0 Å². The molecule has 2 atom stereocenters. The van der Waals surface area contributed by atoms with E-state index in [1.807, 2.05) is 0 Å². The zero-order valence-electron chi connectivity index (χ0n) is 23.9. The fourth-order valence-electron chi connectivity index (χ4n) is 4.67. The standard InChI is InChI=1S/C29H34F3N3O7S/c1-28(2,3)42-27(39)35-24-13-10-20(29(30,31)32)14-22(24)26(38)33-15-25(37)34-23-7-5-4-6-19(23)17-43(40,41)21-11-8-18(16-36)9-12-21/h8-14,16,19,23H,4-7,15,17H2,1-3H3,(H,33,38)(H,34,37)(H,35,39)/t19-,23+/m1/s1. The minimum Gasteiger partial charge on any atom is -0.444 e. The Morgan fingerprint density at radius 2 is 1.65 bits per heavy atom. The van der Waals surface area contributed by atoms with Crippen molar-refractivity contribution in [1.29, 1.82) is 0 Å². The van der Waals surface area contributed by atoms with Crippen molar-refractivity contribution in [3.8, 4) is 0 Å². The summed E-state index contributed by atoms with van der Waals surface area (Å²) in [5.74, 6) is -2.37. The minimum atomic E-state index is -4.77. The first kappa shape index (κ1) is 33.6. The lowest BCUT2D eigenvalue weighted by Crippen LogP contribution is -2.47. The summed E-state index contributed by atoms with van der Waals surface area (Å²) < 4.78 is 71.2. The Kier molecular flexibility index (Phi) is 10.6. The van der Waals surface area contributed by atoms with Crippen LogP contribution in [-0.2, 0) is 25.5 Å². The number of rotatable bonds is 9. The number of ether oxygens (including phenoxy) is 1. The maximum absolute atomic E-state index is 13.4. The molecule has 3 rings (SSSR count). The molecule has 0 bridgehead atoms. The highest BCUT2D eigenvalue weighted by Crippen LogP contribution is 2.32. The molecule has 1 aliphatic rings. The predicted octanol–water partition coefficient (Wildman–Crippen LogP) is 4.74. The summed E-state index contributed by atoms with van der Waals surface area (Å²) >= 11 is 0. The maximum atomic E-state index is 13.4. The number of halogens is 3. The number of hydrogen-bond acceptors (Lipinski definition) is 7. The number of alkyl halides is 3. The molecule has 0 aromatic heterocycles. The molecule has 0 radical (unpaired) electrons. The summed E-state index contributed by atoms with van der Waals surface area (Å²) in [7, 11) is -3.73. The summed E-state index contributed by atoms with van der Waals surface area (Å²) in [4.78, 5) is 48.8. The second kappa shape index (κ2) is 13.6. The summed E-state index contributed by atoms with van der Waals surface area (Å²) in [6.07, 6.45) is -2.62. The summed E-state index contributed by atoms with van der Waals surface area (Å²) in [5.41, 5.74) is -2.49. The van der Waals surface area contributed by atoms with Gasteiger partial charge in [0.05, 0.1) is 34.0 Å². The molecule has 234 valence electrons. The van der Waals surface area contributed by atoms with Crippen molar-refractivity contribution in [2.45, 2.75) is 69.2 Å². The Balaban J connectivity index is 1.68. The summed E-state index contributed by atoms with van der Waals surface area (Å²) in [5, 5.41) is 7.28. The van der Waals surface area contributed by atoms with Gasteiger partial charge >= 0.3 is 12.3 Å². The quantitative estimate of drug-likeness (QED) is 0.341. The predicted molar refractivity (Wildman–Crippen MR) is 151 cm³/mol. The number of sulfone groups is 1. The molecule has 2 aromatic carbocycles. The van der Waals surface area contributed by atoms with Crippen LogP contribution in [0.1, 0.15) is 72.7 Å². The van der Waals surface area contributed by atoms with Gasteiger partial charge in [0.25, 0.3) is 5.91 Å². The molecule has 2 aromatic rings. The van der Waals surface area contributed by atoms with Crippen molar-refractivity contribution >= 4 is 39.7 Å². The van der Waals surface area contributed by atoms with E-state index in [1.165, 1.54) is 24.3 Å². The van der Waals surface area contributed by atoms with Gasteiger partial charge in [-0.05, 0) is 69.9 Å². The first-order valence-corrected chi connectivity index (χ1v) is 15.2. The van der Waals surface area contributed by atoms with E-state index >= 15 is 0 Å². The Bertz CT molecular complexity index is 1450. The third kappa shape index (κ3) is 9.80. The van der Waals surface area contributed by atoms with Gasteiger partial charge in [-0.2, -0.15) is 13.2 Å². The lowest BCUT2D eigenvalue weighted by molar-refractivity contribution is -0.137. The van der Waals surface area contributed by atoms with Gasteiger partial charge < -0.3 is 15.4 Å². The third-order valence-corrected chi connectivity index (χ3v) is 8.56. The first-order chi connectivity index (χ1) is 20.0. The van der Waals surface area contributed by atoms with Gasteiger partial charge in [0.2, 0.25) is 5.91 Å². The van der Waals surface area contributed by atoms with Gasteiger partial charge in [0.1, 0.15) is 11.9 Å². The van der Waals surface area contributed by atoms with Crippen LogP contribution < -0.4 is 16.0 Å². The second-order valence-corrected chi connectivity index (χ2v) is 13.3. The van der Waals surface area contributed by atoms with Crippen LogP contribution in [0.25, 0.3) is 0 Å². The number of carbonyl (C=O) groups is 4. The van der Waals surface area contributed by atoms with Crippen molar-refractivity contribution in [3.05, 3.63) is 59.2 Å². The highest BCUT2D eigenvalue weighted by molar-refractivity contribution is 7.91. The lowest BCUT2D eigenvalue weighted by Gasteiger charge is -2.32. The van der Waals surface area contributed by atoms with Crippen molar-refractivity contribution in [2.24, 2.45) is 5.92 Å². The van der Waals surface area contributed by atoms with Crippen LogP contribution in [0.5, 0.6) is 0 Å². The summed E-state index contributed by atoms with van der Waals surface area (Å²) in [6, 6.07) is 7.17. The Morgan fingerprint density at radius 1 is 1.00 bits per heavy atom. The molecule has 0 spiro atoms. The average molecular weight is 626 g/mol. The number of carbonyl (C=O) groups excluding carboxylic acids is 4. The fourth-order valence-corrected chi connectivity index (χ4v) is 6.38. The number of amides is 3. The van der Waals surface area contributed by atoms with Crippen molar-refractivity contribution < 1.29 is 45.5 Å². The fraction of sp³-hybridized carbons (Fsp3) is 0.448. The number of aldehydes is 1. The van der Waals surface area contributed by atoms with Gasteiger partial charge in [-0.3, -0.25) is 19.7 Å². The Morgan fingerprint density at radius 3 is 2.26 bits per heavy atom. The van der Waals surface area contributed by atoms with E-state index < -0.39 is 69.2 Å². The van der Waals surface area contributed by atoms with Crippen LogP contribution in [0, 0.1) is 5.92 Å². The van der Waals surface area contributed by atoms with Crippen LogP contribution in [0.3, 0.4) is 0 Å². The molecule has 1 aliphatic carbocycles. The maximum Gasteiger partial charge on any atom is 0.416 e. The molecular formula is C29H34F3N3O7S. The highest BCUT2D eigenvalue weighted by atomic mass is 32.2. The number of nitrogens with one attached hydrogen (secondary N) is 3. The zero-order chi connectivity index (χ0) is 32.0. The SMILES string of the molecule is CC(C)(C)OC(=O)Nc1ccc(C(F)(F)F)cc1C(=O)NCC(=O)N[C@H]1CCCC[C@@H]1CS(=O)(=O)c1ccc(C=O)cc1. The van der Waals surface area contributed by atoms with E-state index in [0.717, 1.165) is 18.9 Å². The molecule has 3 amide bonds. The molecule has 0 aliphatic heterocycles. The van der Waals surface area contributed by atoms with Crippen LogP contribution in [0.2, 0.25) is 0 Å². The van der Waals surface area contributed by atoms with Gasteiger partial charge in [-0.1, -0.05) is 25.0 Å². The summed E-state index contributed by atoms with van der Waals surface area (Å²) in [6.45, 7) is 4.15. The van der Waals surface area contributed by atoms with E-state index in [2.05, 4.69) is 16.0 Å². The van der Waals surface area contributed by atoms with Gasteiger partial charge in [-0.15, -0.1) is 0 Å². The van der Waals surface area contributed by atoms with Crippen molar-refractivity contribution in [2.75, 3.05) is 17.6 Å².